The molecule has 2 amide bonds. The van der Waals surface area contributed by atoms with Crippen LogP contribution < -0.4 is 11.1 Å². The number of urea groups is 1. The van der Waals surface area contributed by atoms with Crippen molar-refractivity contribution in [2.75, 3.05) is 11.1 Å². The van der Waals surface area contributed by atoms with Crippen LogP contribution in [-0.4, -0.2) is 22.6 Å². The molecule has 0 saturated heterocycles. The number of hydrogen-bond donors (Lipinski definition) is 2. The van der Waals surface area contributed by atoms with Crippen LogP contribution in [0.5, 0.6) is 0 Å². The summed E-state index contributed by atoms with van der Waals surface area (Å²) in [6.07, 6.45) is 0. The summed E-state index contributed by atoms with van der Waals surface area (Å²) in [4.78, 5) is 27.6. The number of aromatic nitrogens is 1. The van der Waals surface area contributed by atoms with Crippen molar-refractivity contribution in [2.24, 2.45) is 5.73 Å². The molecule has 3 aromatic rings. The quantitative estimate of drug-likeness (QED) is 0.549. The molecule has 0 atom stereocenters. The lowest BCUT2D eigenvalue weighted by Crippen LogP contribution is -2.19. The van der Waals surface area contributed by atoms with Gasteiger partial charge in [-0.1, -0.05) is 36.0 Å². The molecule has 3 rings (SSSR count). The van der Waals surface area contributed by atoms with Crippen molar-refractivity contribution in [3.63, 3.8) is 0 Å². The minimum Gasteiger partial charge on any atom is -0.351 e. The number of carbonyl (C=O) groups is 2. The minimum absolute atomic E-state index is 0.000540. The Kier molecular flexibility index (Phi) is 4.77. The Bertz CT molecular complexity index is 894. The third kappa shape index (κ3) is 3.91. The largest absolute Gasteiger partial charge is 0.351 e. The third-order valence-electron chi connectivity index (χ3n) is 3.40. The van der Waals surface area contributed by atoms with Crippen LogP contribution in [0.4, 0.5) is 10.5 Å². The fourth-order valence-corrected chi connectivity index (χ4v) is 3.01. The molecule has 0 radical (unpaired) electrons. The number of hydrogen-bond acceptors (Lipinski definition) is 4. The van der Waals surface area contributed by atoms with E-state index in [1.807, 2.05) is 36.4 Å². The van der Waals surface area contributed by atoms with Crippen LogP contribution in [0.15, 0.2) is 65.7 Å². The molecule has 2 aromatic carbocycles. The van der Waals surface area contributed by atoms with E-state index in [2.05, 4.69) is 10.3 Å². The van der Waals surface area contributed by atoms with Crippen LogP contribution in [0.3, 0.4) is 0 Å². The molecule has 0 bridgehead atoms. The van der Waals surface area contributed by atoms with Crippen molar-refractivity contribution in [3.8, 4) is 0 Å². The molecule has 0 fully saturated rings. The summed E-state index contributed by atoms with van der Waals surface area (Å²) in [5.74, 6) is 0.300. The van der Waals surface area contributed by atoms with Gasteiger partial charge in [0.25, 0.3) is 0 Å². The summed E-state index contributed by atoms with van der Waals surface area (Å²) in [6.45, 7) is 0. The summed E-state index contributed by atoms with van der Waals surface area (Å²) in [5.41, 5.74) is 7.10. The number of fused-ring (bicyclic) bond motifs is 1. The fourth-order valence-electron chi connectivity index (χ4n) is 2.23. The van der Waals surface area contributed by atoms with Crippen LogP contribution in [-0.2, 0) is 0 Å². The maximum atomic E-state index is 12.3. The van der Waals surface area contributed by atoms with E-state index in [1.54, 1.807) is 24.3 Å². The zero-order chi connectivity index (χ0) is 16.9. The maximum Gasteiger partial charge on any atom is 0.316 e. The van der Waals surface area contributed by atoms with E-state index in [1.165, 1.54) is 11.8 Å². The van der Waals surface area contributed by atoms with Crippen molar-refractivity contribution in [1.82, 2.24) is 4.98 Å². The van der Waals surface area contributed by atoms with Gasteiger partial charge in [-0.05, 0) is 36.4 Å². The minimum atomic E-state index is -0.632. The van der Waals surface area contributed by atoms with E-state index in [0.29, 0.717) is 17.0 Å². The second-order valence-corrected chi connectivity index (χ2v) is 6.12. The highest BCUT2D eigenvalue weighted by Gasteiger charge is 2.08. The van der Waals surface area contributed by atoms with Gasteiger partial charge in [0, 0.05) is 16.6 Å². The van der Waals surface area contributed by atoms with Crippen LogP contribution in [0.1, 0.15) is 10.4 Å². The van der Waals surface area contributed by atoms with Crippen LogP contribution in [0.25, 0.3) is 10.9 Å². The second-order valence-electron chi connectivity index (χ2n) is 5.12. The number of nitrogens with zero attached hydrogens (tertiary/aromatic N) is 1. The summed E-state index contributed by atoms with van der Waals surface area (Å²) in [5, 5.41) is 4.35. The predicted molar refractivity (Wildman–Crippen MR) is 96.4 cm³/mol. The van der Waals surface area contributed by atoms with Gasteiger partial charge >= 0.3 is 6.03 Å². The zero-order valence-corrected chi connectivity index (χ0v) is 13.5. The molecule has 120 valence electrons. The lowest BCUT2D eigenvalue weighted by Gasteiger charge is -2.05. The summed E-state index contributed by atoms with van der Waals surface area (Å²) in [6, 6.07) is 17.8. The molecule has 0 spiro atoms. The Labute approximate surface area is 143 Å². The number of thioether (sulfide) groups is 1. The smallest absolute Gasteiger partial charge is 0.316 e. The second kappa shape index (κ2) is 7.14. The molecule has 24 heavy (non-hydrogen) atoms. The Morgan fingerprint density at radius 2 is 1.75 bits per heavy atom. The van der Waals surface area contributed by atoms with Crippen molar-refractivity contribution in [1.29, 1.82) is 0 Å². The number of benzene rings is 2. The van der Waals surface area contributed by atoms with Gasteiger partial charge in [-0.3, -0.25) is 4.79 Å². The number of ketones is 1. The van der Waals surface area contributed by atoms with E-state index in [0.717, 1.165) is 15.9 Å². The van der Waals surface area contributed by atoms with Crippen molar-refractivity contribution >= 4 is 40.2 Å². The molecule has 6 heteroatoms. The van der Waals surface area contributed by atoms with E-state index in [9.17, 15) is 9.59 Å². The molecule has 3 N–H and O–H groups in total. The number of nitrogens with one attached hydrogen (secondary N) is 1. The number of primary amides is 1. The van der Waals surface area contributed by atoms with Crippen LogP contribution in [0, 0.1) is 0 Å². The normalized spacial score (nSPS) is 10.5. The molecule has 0 unspecified atom stereocenters. The third-order valence-corrected chi connectivity index (χ3v) is 4.33. The summed E-state index contributed by atoms with van der Waals surface area (Å²) in [7, 11) is 0. The molecule has 1 aromatic heterocycles. The first-order valence-corrected chi connectivity index (χ1v) is 8.29. The monoisotopic (exact) mass is 337 g/mol. The van der Waals surface area contributed by atoms with Gasteiger partial charge in [0.05, 0.1) is 16.3 Å². The van der Waals surface area contributed by atoms with Crippen molar-refractivity contribution in [2.45, 2.75) is 5.03 Å². The molecule has 0 aliphatic carbocycles. The Balaban J connectivity index is 1.64. The van der Waals surface area contributed by atoms with E-state index in [4.69, 9.17) is 5.73 Å². The number of Topliss-reactive ketones (excluding diaryl/α,β-unsaturated/α-hetero) is 1. The number of para-hydroxylation sites is 1. The van der Waals surface area contributed by atoms with Gasteiger partial charge in [-0.15, -0.1) is 0 Å². The lowest BCUT2D eigenvalue weighted by molar-refractivity contribution is 0.102. The predicted octanol–water partition coefficient (Wildman–Crippen LogP) is 3.70. The molecule has 1 heterocycles. The zero-order valence-electron chi connectivity index (χ0n) is 12.7. The number of rotatable bonds is 5. The van der Waals surface area contributed by atoms with Gasteiger partial charge in [-0.2, -0.15) is 0 Å². The summed E-state index contributed by atoms with van der Waals surface area (Å²) >= 11 is 1.40. The van der Waals surface area contributed by atoms with Gasteiger partial charge < -0.3 is 11.1 Å². The molecule has 5 nitrogen and oxygen atoms in total. The number of carbonyl (C=O) groups excluding carboxylic acids is 2. The Morgan fingerprint density at radius 1 is 1.00 bits per heavy atom. The highest BCUT2D eigenvalue weighted by Crippen LogP contribution is 2.21. The first-order valence-electron chi connectivity index (χ1n) is 7.30. The van der Waals surface area contributed by atoms with Gasteiger partial charge in [0.2, 0.25) is 0 Å². The van der Waals surface area contributed by atoms with Crippen LogP contribution >= 0.6 is 11.8 Å². The maximum absolute atomic E-state index is 12.3. The molecular formula is C18H15N3O2S. The van der Waals surface area contributed by atoms with E-state index in [-0.39, 0.29) is 5.78 Å². The number of amides is 2. The van der Waals surface area contributed by atoms with E-state index >= 15 is 0 Å². The van der Waals surface area contributed by atoms with Crippen molar-refractivity contribution in [3.05, 3.63) is 66.2 Å². The molecule has 0 aliphatic heterocycles. The van der Waals surface area contributed by atoms with Gasteiger partial charge in [-0.25, -0.2) is 9.78 Å². The first-order chi connectivity index (χ1) is 11.6. The SMILES string of the molecule is NC(=O)Nc1ccc(C(=O)CSc2ccc3ccccc3n2)cc1. The number of nitrogens with two attached hydrogens (primary N) is 1. The van der Waals surface area contributed by atoms with Crippen molar-refractivity contribution < 1.29 is 9.59 Å². The van der Waals surface area contributed by atoms with Gasteiger partial charge in [0.15, 0.2) is 5.78 Å². The lowest BCUT2D eigenvalue weighted by atomic mass is 10.1. The van der Waals surface area contributed by atoms with Crippen LogP contribution in [0.2, 0.25) is 0 Å². The fraction of sp³-hybridized carbons (Fsp3) is 0.0556. The molecular weight excluding hydrogens is 322 g/mol. The Hall–Kier alpha value is -2.86. The summed E-state index contributed by atoms with van der Waals surface area (Å²) < 4.78 is 0. The van der Waals surface area contributed by atoms with E-state index < -0.39 is 6.03 Å². The highest BCUT2D eigenvalue weighted by molar-refractivity contribution is 7.99. The molecule has 0 aliphatic rings. The average molecular weight is 337 g/mol. The topological polar surface area (TPSA) is 85.1 Å². The number of pyridine rings is 1. The number of anilines is 1. The standard InChI is InChI=1S/C18H15N3O2S/c19-18(23)20-14-8-5-13(6-9-14)16(22)11-24-17-10-7-12-3-1-2-4-15(12)21-17/h1-10H,11H2,(H3,19,20,23). The first kappa shape index (κ1) is 16.0. The van der Waals surface area contributed by atoms with Gasteiger partial charge in [0.1, 0.15) is 0 Å². The highest BCUT2D eigenvalue weighted by atomic mass is 32.2. The Morgan fingerprint density at radius 3 is 2.50 bits per heavy atom. The molecule has 0 saturated carbocycles. The average Bonchev–Trinajstić information content (AvgIpc) is 2.59.